The second kappa shape index (κ2) is 5.66. The minimum Gasteiger partial charge on any atom is -0.342 e. The van der Waals surface area contributed by atoms with E-state index < -0.39 is 0 Å². The van der Waals surface area contributed by atoms with Crippen LogP contribution >= 0.6 is 15.9 Å². The average molecular weight is 322 g/mol. The fraction of sp³-hybridized carbons (Fsp3) is 0.562. The van der Waals surface area contributed by atoms with Gasteiger partial charge in [0.05, 0.1) is 5.92 Å². The lowest BCUT2D eigenvalue weighted by atomic mass is 9.82. The van der Waals surface area contributed by atoms with Crippen LogP contribution in [0.3, 0.4) is 0 Å². The highest BCUT2D eigenvalue weighted by Gasteiger charge is 2.31. The Morgan fingerprint density at radius 2 is 1.89 bits per heavy atom. The van der Waals surface area contributed by atoms with Crippen LogP contribution in [0.5, 0.6) is 0 Å². The Morgan fingerprint density at radius 1 is 1.16 bits per heavy atom. The number of piperidine rings is 1. The summed E-state index contributed by atoms with van der Waals surface area (Å²) in [5, 5.41) is 0. The van der Waals surface area contributed by atoms with Crippen molar-refractivity contribution in [1.82, 2.24) is 4.90 Å². The highest BCUT2D eigenvalue weighted by molar-refractivity contribution is 9.09. The number of hydrogen-bond donors (Lipinski definition) is 0. The second-order valence-corrected chi connectivity index (χ2v) is 6.94. The molecule has 0 bridgehead atoms. The number of fused-ring (bicyclic) bond motifs is 1. The molecule has 1 heterocycles. The van der Waals surface area contributed by atoms with Gasteiger partial charge < -0.3 is 4.90 Å². The monoisotopic (exact) mass is 321 g/mol. The van der Waals surface area contributed by atoms with Crippen molar-refractivity contribution in [3.8, 4) is 0 Å². The number of hydrogen-bond acceptors (Lipinski definition) is 1. The number of carbonyl (C=O) groups excluding carboxylic acids is 1. The van der Waals surface area contributed by atoms with Gasteiger partial charge in [-0.25, -0.2) is 0 Å². The lowest BCUT2D eigenvalue weighted by Crippen LogP contribution is -2.42. The molecule has 0 N–H and O–H groups in total. The zero-order valence-electron chi connectivity index (χ0n) is 11.1. The first-order valence-electron chi connectivity index (χ1n) is 7.26. The summed E-state index contributed by atoms with van der Waals surface area (Å²) in [5.41, 5.74) is 2.65. The highest BCUT2D eigenvalue weighted by Crippen LogP contribution is 2.33. The van der Waals surface area contributed by atoms with Gasteiger partial charge in [0.1, 0.15) is 0 Å². The Balaban J connectivity index is 1.78. The van der Waals surface area contributed by atoms with Crippen LogP contribution < -0.4 is 0 Å². The van der Waals surface area contributed by atoms with Gasteiger partial charge in [-0.2, -0.15) is 0 Å². The molecule has 1 aromatic rings. The van der Waals surface area contributed by atoms with E-state index in [4.69, 9.17) is 0 Å². The van der Waals surface area contributed by atoms with Crippen LogP contribution in [0.1, 0.15) is 42.7 Å². The number of carbonyl (C=O) groups is 1. The molecule has 3 heteroatoms. The molecule has 1 saturated heterocycles. The predicted molar refractivity (Wildman–Crippen MR) is 80.7 cm³/mol. The number of alkyl halides is 1. The lowest BCUT2D eigenvalue weighted by molar-refractivity contribution is -0.134. The van der Waals surface area contributed by atoms with Gasteiger partial charge in [0.2, 0.25) is 5.91 Å². The lowest BCUT2D eigenvalue weighted by Gasteiger charge is -2.34. The molecule has 0 saturated carbocycles. The van der Waals surface area contributed by atoms with Gasteiger partial charge in [-0.15, -0.1) is 0 Å². The van der Waals surface area contributed by atoms with E-state index in [0.717, 1.165) is 45.2 Å². The molecule has 2 aliphatic rings. The van der Waals surface area contributed by atoms with Gasteiger partial charge in [-0.3, -0.25) is 4.79 Å². The topological polar surface area (TPSA) is 20.3 Å². The summed E-state index contributed by atoms with van der Waals surface area (Å²) >= 11 is 3.65. The normalized spacial score (nSPS) is 24.1. The maximum absolute atomic E-state index is 12.7. The molecule has 1 unspecified atom stereocenters. The smallest absolute Gasteiger partial charge is 0.230 e. The van der Waals surface area contributed by atoms with Crippen LogP contribution in [0.15, 0.2) is 24.3 Å². The zero-order chi connectivity index (χ0) is 13.2. The van der Waals surface area contributed by atoms with Crippen LogP contribution in [0.4, 0.5) is 0 Å². The number of nitrogens with zero attached hydrogens (tertiary/aromatic N) is 1. The molecular weight excluding hydrogens is 302 g/mol. The number of amides is 1. The van der Waals surface area contributed by atoms with Gasteiger partial charge in [0.15, 0.2) is 0 Å². The van der Waals surface area contributed by atoms with E-state index in [1.165, 1.54) is 11.1 Å². The van der Waals surface area contributed by atoms with Crippen molar-refractivity contribution in [2.24, 2.45) is 0 Å². The molecule has 19 heavy (non-hydrogen) atoms. The molecule has 1 aliphatic heterocycles. The second-order valence-electron chi connectivity index (χ2n) is 5.64. The van der Waals surface area contributed by atoms with E-state index >= 15 is 0 Å². The number of rotatable bonds is 1. The van der Waals surface area contributed by atoms with Crippen molar-refractivity contribution in [1.29, 1.82) is 0 Å². The SMILES string of the molecule is O=C(C1CCCc2ccccc21)N1CCC(Br)CC1. The van der Waals surface area contributed by atoms with Crippen molar-refractivity contribution in [3.63, 3.8) is 0 Å². The molecule has 1 fully saturated rings. The minimum absolute atomic E-state index is 0.108. The van der Waals surface area contributed by atoms with E-state index in [1.807, 2.05) is 0 Å². The van der Waals surface area contributed by atoms with E-state index in [2.05, 4.69) is 45.1 Å². The summed E-state index contributed by atoms with van der Waals surface area (Å²) in [7, 11) is 0. The van der Waals surface area contributed by atoms with E-state index in [1.54, 1.807) is 0 Å². The maximum Gasteiger partial charge on any atom is 0.230 e. The third-order valence-electron chi connectivity index (χ3n) is 4.40. The number of halogens is 1. The maximum atomic E-state index is 12.7. The standard InChI is InChI=1S/C16H20BrNO/c17-13-8-10-18(11-9-13)16(19)15-7-3-5-12-4-1-2-6-14(12)15/h1-2,4,6,13,15H,3,5,7-11H2. The van der Waals surface area contributed by atoms with Crippen molar-refractivity contribution in [3.05, 3.63) is 35.4 Å². The quantitative estimate of drug-likeness (QED) is 0.725. The summed E-state index contributed by atoms with van der Waals surface area (Å²) in [5.74, 6) is 0.461. The van der Waals surface area contributed by atoms with Crippen LogP contribution in [0.25, 0.3) is 0 Å². The van der Waals surface area contributed by atoms with Crippen molar-refractivity contribution < 1.29 is 4.79 Å². The molecule has 1 aliphatic carbocycles. The van der Waals surface area contributed by atoms with Crippen LogP contribution in [0.2, 0.25) is 0 Å². The van der Waals surface area contributed by atoms with Crippen LogP contribution in [0, 0.1) is 0 Å². The van der Waals surface area contributed by atoms with Gasteiger partial charge in [-0.05, 0) is 43.2 Å². The molecule has 0 spiro atoms. The van der Waals surface area contributed by atoms with Crippen LogP contribution in [-0.4, -0.2) is 28.7 Å². The van der Waals surface area contributed by atoms with Gasteiger partial charge in [0, 0.05) is 17.9 Å². The summed E-state index contributed by atoms with van der Waals surface area (Å²) in [6.07, 6.45) is 5.45. The third-order valence-corrected chi connectivity index (χ3v) is 5.32. The summed E-state index contributed by atoms with van der Waals surface area (Å²) in [6.45, 7) is 1.82. The largest absolute Gasteiger partial charge is 0.342 e. The van der Waals surface area contributed by atoms with Crippen molar-refractivity contribution in [2.75, 3.05) is 13.1 Å². The summed E-state index contributed by atoms with van der Waals surface area (Å²) in [6, 6.07) is 8.48. The molecule has 102 valence electrons. The number of aryl methyl sites for hydroxylation is 1. The van der Waals surface area contributed by atoms with E-state index in [9.17, 15) is 4.79 Å². The molecule has 1 atom stereocenters. The molecule has 1 aromatic carbocycles. The molecule has 0 aromatic heterocycles. The van der Waals surface area contributed by atoms with Gasteiger partial charge in [-0.1, -0.05) is 40.2 Å². The van der Waals surface area contributed by atoms with Gasteiger partial charge >= 0.3 is 0 Å². The fourth-order valence-corrected chi connectivity index (χ4v) is 3.71. The van der Waals surface area contributed by atoms with Crippen LogP contribution in [-0.2, 0) is 11.2 Å². The van der Waals surface area contributed by atoms with E-state index in [0.29, 0.717) is 10.7 Å². The Kier molecular flexibility index (Phi) is 3.92. The fourth-order valence-electron chi connectivity index (χ4n) is 3.30. The molecule has 1 amide bonds. The highest BCUT2D eigenvalue weighted by atomic mass is 79.9. The summed E-state index contributed by atoms with van der Waals surface area (Å²) < 4.78 is 0. The first-order valence-corrected chi connectivity index (χ1v) is 8.18. The summed E-state index contributed by atoms with van der Waals surface area (Å²) in [4.78, 5) is 15.4. The third kappa shape index (κ3) is 2.71. The van der Waals surface area contributed by atoms with Crippen molar-refractivity contribution in [2.45, 2.75) is 42.8 Å². The molecule has 2 nitrogen and oxygen atoms in total. The first-order chi connectivity index (χ1) is 9.25. The predicted octanol–water partition coefficient (Wildman–Crippen LogP) is 3.49. The Hall–Kier alpha value is -0.830. The molecule has 3 rings (SSSR count). The zero-order valence-corrected chi connectivity index (χ0v) is 12.7. The Labute approximate surface area is 123 Å². The molecule has 0 radical (unpaired) electrons. The average Bonchev–Trinajstić information content (AvgIpc) is 2.47. The number of likely N-dealkylation sites (tertiary alicyclic amines) is 1. The van der Waals surface area contributed by atoms with Gasteiger partial charge in [0.25, 0.3) is 0 Å². The number of benzene rings is 1. The van der Waals surface area contributed by atoms with E-state index in [-0.39, 0.29) is 5.92 Å². The first kappa shape index (κ1) is 13.2. The Morgan fingerprint density at radius 3 is 2.68 bits per heavy atom. The minimum atomic E-state index is 0.108. The Bertz CT molecular complexity index is 466. The van der Waals surface area contributed by atoms with Crippen molar-refractivity contribution >= 4 is 21.8 Å². The molecular formula is C16H20BrNO.